The number of carbonyl (C=O) groups excluding carboxylic acids is 2. The molecule has 7 atom stereocenters. The molecule has 23 heavy (non-hydrogen) atoms. The molecule has 4 aliphatic carbocycles. The van der Waals surface area contributed by atoms with E-state index in [4.69, 9.17) is 0 Å². The molecule has 2 nitrogen and oxygen atoms in total. The van der Waals surface area contributed by atoms with Gasteiger partial charge in [0.2, 0.25) is 0 Å². The molecule has 0 aromatic carbocycles. The van der Waals surface area contributed by atoms with Crippen molar-refractivity contribution in [3.8, 4) is 0 Å². The van der Waals surface area contributed by atoms with E-state index in [2.05, 4.69) is 13.8 Å². The molecule has 128 valence electrons. The maximum atomic E-state index is 13.1. The first-order valence-electron chi connectivity index (χ1n) is 9.91. The average molecular weight is 316 g/mol. The van der Waals surface area contributed by atoms with Crippen LogP contribution in [0.25, 0.3) is 0 Å². The molecule has 0 unspecified atom stereocenters. The lowest BCUT2D eigenvalue weighted by atomic mass is 9.44. The summed E-state index contributed by atoms with van der Waals surface area (Å²) in [6.45, 7) is 6.60. The molecule has 4 fully saturated rings. The quantitative estimate of drug-likeness (QED) is 0.696. The lowest BCUT2D eigenvalue weighted by molar-refractivity contribution is -0.157. The van der Waals surface area contributed by atoms with Crippen LogP contribution in [0.2, 0.25) is 0 Å². The van der Waals surface area contributed by atoms with Crippen LogP contribution < -0.4 is 0 Å². The van der Waals surface area contributed by atoms with Gasteiger partial charge in [0.1, 0.15) is 11.6 Å². The Labute approximate surface area is 140 Å². The van der Waals surface area contributed by atoms with Crippen LogP contribution in [0.1, 0.15) is 78.6 Å². The Morgan fingerprint density at radius 3 is 2.43 bits per heavy atom. The van der Waals surface area contributed by atoms with E-state index in [0.29, 0.717) is 34.7 Å². The zero-order valence-electron chi connectivity index (χ0n) is 15.1. The van der Waals surface area contributed by atoms with E-state index < -0.39 is 0 Å². The standard InChI is InChI=1S/C21H32O2/c1-13(22)15-7-8-16-19-17(9-11-21(15,16)3)20(2)10-5-4-6-14(20)12-18(19)23/h14-17,19H,4-12H2,1-3H3/t14-,15+,16-,17-,19+,20+,21+/m1/s1. The maximum absolute atomic E-state index is 13.1. The lowest BCUT2D eigenvalue weighted by Gasteiger charge is -2.59. The number of rotatable bonds is 1. The molecule has 4 rings (SSSR count). The molecule has 0 heterocycles. The van der Waals surface area contributed by atoms with Gasteiger partial charge >= 0.3 is 0 Å². The Hall–Kier alpha value is -0.660. The molecule has 0 N–H and O–H groups in total. The first-order chi connectivity index (χ1) is 10.9. The Bertz CT molecular complexity index is 538. The highest BCUT2D eigenvalue weighted by Crippen LogP contribution is 2.66. The van der Waals surface area contributed by atoms with Crippen LogP contribution in [0.3, 0.4) is 0 Å². The summed E-state index contributed by atoms with van der Waals surface area (Å²) in [5, 5.41) is 0. The third-order valence-electron chi connectivity index (χ3n) is 8.88. The van der Waals surface area contributed by atoms with E-state index in [1.807, 2.05) is 0 Å². The minimum absolute atomic E-state index is 0.0977. The molecule has 0 saturated heterocycles. The van der Waals surface area contributed by atoms with Crippen LogP contribution in [-0.4, -0.2) is 11.6 Å². The molecule has 4 saturated carbocycles. The molecule has 0 bridgehead atoms. The van der Waals surface area contributed by atoms with Crippen LogP contribution in [0.15, 0.2) is 0 Å². The SMILES string of the molecule is CC(=O)[C@@H]1CC[C@@H]2[C@@H]3C(=O)C[C@H]4CCCC[C@]4(C)[C@@H]3CC[C@]21C. The van der Waals surface area contributed by atoms with Gasteiger partial charge in [0.05, 0.1) is 0 Å². The normalized spacial score (nSPS) is 52.5. The summed E-state index contributed by atoms with van der Waals surface area (Å²) in [4.78, 5) is 25.3. The average Bonchev–Trinajstić information content (AvgIpc) is 2.85. The van der Waals surface area contributed by atoms with Gasteiger partial charge in [-0.2, -0.15) is 0 Å². The molecule has 0 aromatic rings. The second-order valence-corrected chi connectivity index (χ2v) is 9.64. The first-order valence-corrected chi connectivity index (χ1v) is 9.91. The van der Waals surface area contributed by atoms with Crippen molar-refractivity contribution in [1.29, 1.82) is 0 Å². The summed E-state index contributed by atoms with van der Waals surface area (Å²) < 4.78 is 0. The van der Waals surface area contributed by atoms with Gasteiger partial charge in [0, 0.05) is 18.3 Å². The van der Waals surface area contributed by atoms with Crippen molar-refractivity contribution < 1.29 is 9.59 Å². The highest BCUT2D eigenvalue weighted by atomic mass is 16.1. The van der Waals surface area contributed by atoms with Crippen LogP contribution in [0, 0.1) is 40.4 Å². The van der Waals surface area contributed by atoms with Gasteiger partial charge < -0.3 is 0 Å². The molecule has 0 amide bonds. The van der Waals surface area contributed by atoms with Gasteiger partial charge in [-0.3, -0.25) is 9.59 Å². The summed E-state index contributed by atoms with van der Waals surface area (Å²) in [6, 6.07) is 0. The Morgan fingerprint density at radius 2 is 1.70 bits per heavy atom. The van der Waals surface area contributed by atoms with Gasteiger partial charge in [-0.05, 0) is 74.0 Å². The van der Waals surface area contributed by atoms with Gasteiger partial charge in [-0.1, -0.05) is 26.7 Å². The van der Waals surface area contributed by atoms with Crippen LogP contribution in [0.5, 0.6) is 0 Å². The smallest absolute Gasteiger partial charge is 0.136 e. The summed E-state index contributed by atoms with van der Waals surface area (Å²) in [5.41, 5.74) is 0.493. The van der Waals surface area contributed by atoms with Crippen LogP contribution in [-0.2, 0) is 9.59 Å². The van der Waals surface area contributed by atoms with E-state index >= 15 is 0 Å². The van der Waals surface area contributed by atoms with Gasteiger partial charge in [0.15, 0.2) is 0 Å². The largest absolute Gasteiger partial charge is 0.300 e. The van der Waals surface area contributed by atoms with E-state index in [-0.39, 0.29) is 17.3 Å². The van der Waals surface area contributed by atoms with Crippen molar-refractivity contribution in [2.45, 2.75) is 78.6 Å². The fourth-order valence-electron chi connectivity index (χ4n) is 7.63. The first kappa shape index (κ1) is 15.8. The fraction of sp³-hybridized carbons (Fsp3) is 0.905. The molecular weight excluding hydrogens is 284 g/mol. The number of carbonyl (C=O) groups is 2. The third-order valence-corrected chi connectivity index (χ3v) is 8.88. The number of fused-ring (bicyclic) bond motifs is 5. The summed E-state index contributed by atoms with van der Waals surface area (Å²) in [6.07, 6.45) is 10.6. The molecule has 2 heteroatoms. The second-order valence-electron chi connectivity index (χ2n) is 9.64. The van der Waals surface area contributed by atoms with Crippen LogP contribution in [0.4, 0.5) is 0 Å². The predicted molar refractivity (Wildman–Crippen MR) is 90.9 cm³/mol. The predicted octanol–water partition coefficient (Wildman–Crippen LogP) is 4.80. The molecule has 0 aromatic heterocycles. The van der Waals surface area contributed by atoms with Crippen molar-refractivity contribution in [1.82, 2.24) is 0 Å². The summed E-state index contributed by atoms with van der Waals surface area (Å²) in [5.74, 6) is 3.09. The number of Topliss-reactive ketones (excluding diaryl/α,β-unsaturated/α-hetero) is 2. The zero-order chi connectivity index (χ0) is 16.4. The van der Waals surface area contributed by atoms with Crippen LogP contribution >= 0.6 is 0 Å². The summed E-state index contributed by atoms with van der Waals surface area (Å²) in [7, 11) is 0. The number of hydrogen-bond donors (Lipinski definition) is 0. The molecule has 0 radical (unpaired) electrons. The second kappa shape index (κ2) is 5.17. The Kier molecular flexibility index (Phi) is 3.56. The molecule has 0 aliphatic heterocycles. The molecular formula is C21H32O2. The van der Waals surface area contributed by atoms with Crippen molar-refractivity contribution in [3.63, 3.8) is 0 Å². The summed E-state index contributed by atoms with van der Waals surface area (Å²) >= 11 is 0. The van der Waals surface area contributed by atoms with E-state index in [9.17, 15) is 9.59 Å². The van der Waals surface area contributed by atoms with E-state index in [0.717, 1.165) is 19.3 Å². The fourth-order valence-corrected chi connectivity index (χ4v) is 7.63. The number of ketones is 2. The monoisotopic (exact) mass is 316 g/mol. The number of hydrogen-bond acceptors (Lipinski definition) is 2. The molecule has 0 spiro atoms. The van der Waals surface area contributed by atoms with Crippen molar-refractivity contribution in [3.05, 3.63) is 0 Å². The Morgan fingerprint density at radius 1 is 0.957 bits per heavy atom. The van der Waals surface area contributed by atoms with Crippen molar-refractivity contribution in [2.24, 2.45) is 40.4 Å². The molecule has 4 aliphatic rings. The van der Waals surface area contributed by atoms with Gasteiger partial charge in [-0.15, -0.1) is 0 Å². The minimum atomic E-state index is 0.0977. The van der Waals surface area contributed by atoms with Gasteiger partial charge in [0.25, 0.3) is 0 Å². The Balaban J connectivity index is 1.69. The highest BCUT2D eigenvalue weighted by molar-refractivity contribution is 5.84. The van der Waals surface area contributed by atoms with E-state index in [1.165, 1.54) is 38.5 Å². The lowest BCUT2D eigenvalue weighted by Crippen LogP contribution is -2.56. The topological polar surface area (TPSA) is 34.1 Å². The minimum Gasteiger partial charge on any atom is -0.300 e. The third kappa shape index (κ3) is 2.05. The maximum Gasteiger partial charge on any atom is 0.136 e. The highest BCUT2D eigenvalue weighted by Gasteiger charge is 2.62. The van der Waals surface area contributed by atoms with Crippen molar-refractivity contribution in [2.75, 3.05) is 0 Å². The zero-order valence-corrected chi connectivity index (χ0v) is 15.1. The van der Waals surface area contributed by atoms with Crippen molar-refractivity contribution >= 4 is 11.6 Å². The van der Waals surface area contributed by atoms with E-state index in [1.54, 1.807) is 6.92 Å². The van der Waals surface area contributed by atoms with Gasteiger partial charge in [-0.25, -0.2) is 0 Å².